The molecule has 0 N–H and O–H groups in total. The van der Waals surface area contributed by atoms with Crippen LogP contribution in [0.4, 0.5) is 5.69 Å². The number of benzene rings is 1. The van der Waals surface area contributed by atoms with Crippen LogP contribution in [0.25, 0.3) is 0 Å². The van der Waals surface area contributed by atoms with Crippen LogP contribution >= 0.6 is 11.6 Å². The van der Waals surface area contributed by atoms with Crippen molar-refractivity contribution in [1.82, 2.24) is 4.98 Å². The smallest absolute Gasteiger partial charge is 0.230 e. The molecular weight excluding hydrogens is 296 g/mol. The van der Waals surface area contributed by atoms with Gasteiger partial charge < -0.3 is 4.90 Å². The molecule has 0 radical (unpaired) electrons. The lowest BCUT2D eigenvalue weighted by molar-refractivity contribution is -0.122. The number of carbonyl (C=O) groups is 1. The summed E-state index contributed by atoms with van der Waals surface area (Å²) in [5, 5.41) is 0.679. The first-order chi connectivity index (χ1) is 10.7. The first-order valence-corrected chi connectivity index (χ1v) is 8.08. The summed E-state index contributed by atoms with van der Waals surface area (Å²) in [5.41, 5.74) is 1.92. The van der Waals surface area contributed by atoms with E-state index in [1.807, 2.05) is 47.5 Å². The molecule has 0 saturated heterocycles. The molecule has 0 spiro atoms. The van der Waals surface area contributed by atoms with Gasteiger partial charge in [0.2, 0.25) is 5.91 Å². The summed E-state index contributed by atoms with van der Waals surface area (Å²) in [7, 11) is 0. The van der Waals surface area contributed by atoms with E-state index in [2.05, 4.69) is 4.98 Å². The number of halogens is 1. The lowest BCUT2D eigenvalue weighted by Crippen LogP contribution is -2.34. The first-order valence-electron chi connectivity index (χ1n) is 7.70. The maximum Gasteiger partial charge on any atom is 0.230 e. The molecular formula is C18H19ClN2O. The fourth-order valence-electron chi connectivity index (χ4n) is 2.98. The molecule has 1 aliphatic rings. The van der Waals surface area contributed by atoms with Crippen molar-refractivity contribution in [3.63, 3.8) is 0 Å². The Morgan fingerprint density at radius 1 is 1.18 bits per heavy atom. The van der Waals surface area contributed by atoms with Crippen molar-refractivity contribution in [2.45, 2.75) is 32.2 Å². The number of rotatable bonds is 4. The number of carbonyl (C=O) groups excluding carboxylic acids is 1. The van der Waals surface area contributed by atoms with Gasteiger partial charge in [-0.05, 0) is 48.7 Å². The molecule has 1 fully saturated rings. The summed E-state index contributed by atoms with van der Waals surface area (Å²) in [4.78, 5) is 18.9. The third-order valence-corrected chi connectivity index (χ3v) is 4.42. The Morgan fingerprint density at radius 2 is 1.91 bits per heavy atom. The van der Waals surface area contributed by atoms with E-state index in [0.717, 1.165) is 36.9 Å². The summed E-state index contributed by atoms with van der Waals surface area (Å²) in [5.74, 6) is 0.357. The highest BCUT2D eigenvalue weighted by molar-refractivity contribution is 6.30. The van der Waals surface area contributed by atoms with Crippen LogP contribution in [0.15, 0.2) is 48.8 Å². The summed E-state index contributed by atoms with van der Waals surface area (Å²) < 4.78 is 0. The highest BCUT2D eigenvalue weighted by Crippen LogP contribution is 2.30. The summed E-state index contributed by atoms with van der Waals surface area (Å²) >= 11 is 5.97. The van der Waals surface area contributed by atoms with Gasteiger partial charge >= 0.3 is 0 Å². The minimum absolute atomic E-state index is 0.146. The summed E-state index contributed by atoms with van der Waals surface area (Å²) in [6.07, 6.45) is 7.85. The van der Waals surface area contributed by atoms with Crippen LogP contribution < -0.4 is 4.90 Å². The molecule has 3 rings (SSSR count). The van der Waals surface area contributed by atoms with E-state index >= 15 is 0 Å². The largest absolute Gasteiger partial charge is 0.308 e. The quantitative estimate of drug-likeness (QED) is 0.835. The van der Waals surface area contributed by atoms with Crippen LogP contribution in [0, 0.1) is 5.92 Å². The number of aromatic nitrogens is 1. The zero-order chi connectivity index (χ0) is 15.4. The molecule has 0 bridgehead atoms. The number of amides is 1. The van der Waals surface area contributed by atoms with Gasteiger partial charge in [0, 0.05) is 29.0 Å². The van der Waals surface area contributed by atoms with Gasteiger partial charge in [0.05, 0.1) is 6.54 Å². The van der Waals surface area contributed by atoms with Crippen molar-refractivity contribution in [1.29, 1.82) is 0 Å². The van der Waals surface area contributed by atoms with Crippen LogP contribution in [0.5, 0.6) is 0 Å². The molecule has 1 amide bonds. The predicted molar refractivity (Wildman–Crippen MR) is 88.8 cm³/mol. The second-order valence-corrected chi connectivity index (χ2v) is 6.18. The topological polar surface area (TPSA) is 33.2 Å². The van der Waals surface area contributed by atoms with E-state index in [9.17, 15) is 4.79 Å². The first kappa shape index (κ1) is 15.0. The minimum atomic E-state index is 0.146. The van der Waals surface area contributed by atoms with Crippen molar-refractivity contribution in [3.8, 4) is 0 Å². The minimum Gasteiger partial charge on any atom is -0.308 e. The molecule has 1 saturated carbocycles. The van der Waals surface area contributed by atoms with Gasteiger partial charge in [-0.2, -0.15) is 0 Å². The molecule has 4 heteroatoms. The SMILES string of the molecule is O=C(C1CCCC1)N(Cc1cccnc1)c1ccc(Cl)cc1. The highest BCUT2D eigenvalue weighted by Gasteiger charge is 2.28. The Balaban J connectivity index is 1.87. The number of hydrogen-bond donors (Lipinski definition) is 0. The van der Waals surface area contributed by atoms with Gasteiger partial charge in [-0.15, -0.1) is 0 Å². The van der Waals surface area contributed by atoms with Crippen LogP contribution in [0.3, 0.4) is 0 Å². The second-order valence-electron chi connectivity index (χ2n) is 5.74. The van der Waals surface area contributed by atoms with Crippen molar-refractivity contribution in [3.05, 3.63) is 59.4 Å². The molecule has 1 aromatic heterocycles. The zero-order valence-corrected chi connectivity index (χ0v) is 13.2. The molecule has 1 aliphatic carbocycles. The normalized spacial score (nSPS) is 15.0. The van der Waals surface area contributed by atoms with Gasteiger partial charge in [-0.1, -0.05) is 30.5 Å². The average molecular weight is 315 g/mol. The Morgan fingerprint density at radius 3 is 2.55 bits per heavy atom. The van der Waals surface area contributed by atoms with Gasteiger partial charge in [0.15, 0.2) is 0 Å². The van der Waals surface area contributed by atoms with Gasteiger partial charge in [-0.25, -0.2) is 0 Å². The molecule has 114 valence electrons. The summed E-state index contributed by atoms with van der Waals surface area (Å²) in [6, 6.07) is 11.4. The molecule has 22 heavy (non-hydrogen) atoms. The number of anilines is 1. The van der Waals surface area contributed by atoms with Gasteiger partial charge in [0.25, 0.3) is 0 Å². The second kappa shape index (κ2) is 6.93. The third kappa shape index (κ3) is 3.47. The molecule has 0 aliphatic heterocycles. The van der Waals surface area contributed by atoms with Gasteiger partial charge in [0.1, 0.15) is 0 Å². The van der Waals surface area contributed by atoms with Crippen molar-refractivity contribution >= 4 is 23.2 Å². The Hall–Kier alpha value is -1.87. The zero-order valence-electron chi connectivity index (χ0n) is 12.4. The molecule has 0 atom stereocenters. The van der Waals surface area contributed by atoms with E-state index in [-0.39, 0.29) is 11.8 Å². The Kier molecular flexibility index (Phi) is 4.74. The van der Waals surface area contributed by atoms with Crippen LogP contribution in [-0.2, 0) is 11.3 Å². The fraction of sp³-hybridized carbons (Fsp3) is 0.333. The lowest BCUT2D eigenvalue weighted by Gasteiger charge is -2.26. The van der Waals surface area contributed by atoms with E-state index in [1.165, 1.54) is 0 Å². The number of hydrogen-bond acceptors (Lipinski definition) is 2. The van der Waals surface area contributed by atoms with E-state index in [1.54, 1.807) is 6.20 Å². The van der Waals surface area contributed by atoms with Crippen LogP contribution in [0.2, 0.25) is 5.02 Å². The van der Waals surface area contributed by atoms with Gasteiger partial charge in [-0.3, -0.25) is 9.78 Å². The van der Waals surface area contributed by atoms with Crippen LogP contribution in [0.1, 0.15) is 31.2 Å². The maximum atomic E-state index is 12.9. The average Bonchev–Trinajstić information content (AvgIpc) is 3.08. The van der Waals surface area contributed by atoms with Crippen molar-refractivity contribution < 1.29 is 4.79 Å². The molecule has 2 aromatic rings. The molecule has 1 heterocycles. The van der Waals surface area contributed by atoms with E-state index in [4.69, 9.17) is 11.6 Å². The van der Waals surface area contributed by atoms with Crippen molar-refractivity contribution in [2.24, 2.45) is 5.92 Å². The van der Waals surface area contributed by atoms with Crippen molar-refractivity contribution in [2.75, 3.05) is 4.90 Å². The third-order valence-electron chi connectivity index (χ3n) is 4.17. The number of pyridine rings is 1. The Labute approximate surface area is 135 Å². The Bertz CT molecular complexity index is 621. The maximum absolute atomic E-state index is 12.9. The standard InChI is InChI=1S/C18H19ClN2O/c19-16-7-9-17(10-8-16)21(13-14-4-3-11-20-12-14)18(22)15-5-1-2-6-15/h3-4,7-12,15H,1-2,5-6,13H2. The predicted octanol–water partition coefficient (Wildman–Crippen LogP) is 4.46. The molecule has 0 unspecified atom stereocenters. The highest BCUT2D eigenvalue weighted by atomic mass is 35.5. The van der Waals surface area contributed by atoms with Crippen LogP contribution in [-0.4, -0.2) is 10.9 Å². The number of nitrogens with zero attached hydrogens (tertiary/aromatic N) is 2. The molecule has 3 nitrogen and oxygen atoms in total. The molecule has 1 aromatic carbocycles. The summed E-state index contributed by atoms with van der Waals surface area (Å²) in [6.45, 7) is 0.546. The lowest BCUT2D eigenvalue weighted by atomic mass is 10.1. The fourth-order valence-corrected chi connectivity index (χ4v) is 3.11. The van der Waals surface area contributed by atoms with E-state index < -0.39 is 0 Å². The monoisotopic (exact) mass is 314 g/mol. The van der Waals surface area contributed by atoms with E-state index in [0.29, 0.717) is 11.6 Å².